The summed E-state index contributed by atoms with van der Waals surface area (Å²) in [6, 6.07) is 8.17. The maximum Gasteiger partial charge on any atom is 0.133 e. The summed E-state index contributed by atoms with van der Waals surface area (Å²) < 4.78 is 5.50. The molecule has 0 fully saturated rings. The highest BCUT2D eigenvalue weighted by atomic mass is 16.5. The molecule has 0 aliphatic heterocycles. The second-order valence-electron chi connectivity index (χ2n) is 5.06. The van der Waals surface area contributed by atoms with Crippen LogP contribution >= 0.6 is 0 Å². The maximum atomic E-state index is 10.8. The second-order valence-corrected chi connectivity index (χ2v) is 5.06. The van der Waals surface area contributed by atoms with Gasteiger partial charge in [-0.1, -0.05) is 32.9 Å². The topological polar surface area (TPSA) is 26.3 Å². The van der Waals surface area contributed by atoms with Gasteiger partial charge in [-0.3, -0.25) is 4.79 Å². The van der Waals surface area contributed by atoms with Crippen LogP contribution in [0.25, 0.3) is 0 Å². The molecule has 17 heavy (non-hydrogen) atoms. The Labute approximate surface area is 104 Å². The predicted molar refractivity (Wildman–Crippen MR) is 70.6 cm³/mol. The molecule has 0 N–H and O–H groups in total. The first-order chi connectivity index (χ1) is 7.95. The number of hydrogen-bond acceptors (Lipinski definition) is 2. The molecule has 0 saturated heterocycles. The Balaban J connectivity index is 2.59. The normalized spacial score (nSPS) is 11.3. The Morgan fingerprint density at radius 2 is 1.82 bits per heavy atom. The zero-order valence-electron chi connectivity index (χ0n) is 11.2. The van der Waals surface area contributed by atoms with Crippen molar-refractivity contribution in [3.63, 3.8) is 0 Å². The quantitative estimate of drug-likeness (QED) is 0.749. The summed E-state index contributed by atoms with van der Waals surface area (Å²) in [7, 11) is 0. The van der Waals surface area contributed by atoms with Crippen molar-refractivity contribution < 1.29 is 9.53 Å². The van der Waals surface area contributed by atoms with Gasteiger partial charge in [0.2, 0.25) is 0 Å². The molecule has 1 aromatic carbocycles. The molecule has 0 unspecified atom stereocenters. The van der Waals surface area contributed by atoms with Crippen molar-refractivity contribution in [3.05, 3.63) is 29.8 Å². The zero-order valence-corrected chi connectivity index (χ0v) is 11.2. The average Bonchev–Trinajstić information content (AvgIpc) is 2.29. The number of ether oxygens (including phenoxy) is 1. The summed E-state index contributed by atoms with van der Waals surface area (Å²) in [5, 5.41) is 0. The van der Waals surface area contributed by atoms with Gasteiger partial charge >= 0.3 is 0 Å². The fourth-order valence-corrected chi connectivity index (χ4v) is 1.52. The van der Waals surface area contributed by atoms with E-state index in [1.165, 1.54) is 5.56 Å². The van der Waals surface area contributed by atoms with Gasteiger partial charge in [0, 0.05) is 6.42 Å². The molecule has 2 heteroatoms. The average molecular weight is 234 g/mol. The van der Waals surface area contributed by atoms with Crippen molar-refractivity contribution in [3.8, 4) is 5.75 Å². The molecule has 0 aliphatic rings. The van der Waals surface area contributed by atoms with Gasteiger partial charge in [0.1, 0.15) is 11.5 Å². The third-order valence-electron chi connectivity index (χ3n) is 3.24. The lowest BCUT2D eigenvalue weighted by Crippen LogP contribution is -2.15. The van der Waals surface area contributed by atoms with Gasteiger partial charge in [-0.05, 0) is 36.5 Å². The second kappa shape index (κ2) is 5.85. The van der Waals surface area contributed by atoms with E-state index in [9.17, 15) is 4.79 Å². The highest BCUT2D eigenvalue weighted by Crippen LogP contribution is 2.27. The largest absolute Gasteiger partial charge is 0.493 e. The van der Waals surface area contributed by atoms with Crippen molar-refractivity contribution in [2.45, 2.75) is 46.0 Å². The summed E-state index contributed by atoms with van der Waals surface area (Å²) in [6.07, 6.45) is 1.58. The van der Waals surface area contributed by atoms with E-state index >= 15 is 0 Å². The van der Waals surface area contributed by atoms with Crippen molar-refractivity contribution in [2.24, 2.45) is 0 Å². The monoisotopic (exact) mass is 234 g/mol. The molecular formula is C15H22O2. The molecule has 0 spiro atoms. The first-order valence-electron chi connectivity index (χ1n) is 6.18. The highest BCUT2D eigenvalue weighted by molar-refractivity contribution is 5.75. The van der Waals surface area contributed by atoms with Gasteiger partial charge in [-0.2, -0.15) is 0 Å². The molecule has 0 aromatic heterocycles. The van der Waals surface area contributed by atoms with Crippen LogP contribution in [-0.2, 0) is 10.2 Å². The van der Waals surface area contributed by atoms with Crippen molar-refractivity contribution in [1.29, 1.82) is 0 Å². The Morgan fingerprint density at radius 1 is 1.24 bits per heavy atom. The summed E-state index contributed by atoms with van der Waals surface area (Å²) in [5.41, 5.74) is 1.52. The number of carbonyl (C=O) groups excluding carboxylic acids is 1. The van der Waals surface area contributed by atoms with Crippen molar-refractivity contribution in [2.75, 3.05) is 6.61 Å². The number of Topliss-reactive ketones (excluding diaryl/α,β-unsaturated/α-hetero) is 1. The third-order valence-corrected chi connectivity index (χ3v) is 3.24. The van der Waals surface area contributed by atoms with Crippen LogP contribution in [0.2, 0.25) is 0 Å². The summed E-state index contributed by atoms with van der Waals surface area (Å²) in [5.74, 6) is 0.996. The molecule has 94 valence electrons. The number of benzene rings is 1. The van der Waals surface area contributed by atoms with Crippen LogP contribution in [0, 0.1) is 0 Å². The zero-order chi connectivity index (χ0) is 12.9. The van der Waals surface area contributed by atoms with Gasteiger partial charge in [0.15, 0.2) is 0 Å². The minimum Gasteiger partial charge on any atom is -0.493 e. The molecule has 0 amide bonds. The van der Waals surface area contributed by atoms with Gasteiger partial charge in [-0.25, -0.2) is 0 Å². The van der Waals surface area contributed by atoms with Gasteiger partial charge in [0.05, 0.1) is 6.61 Å². The van der Waals surface area contributed by atoms with Crippen LogP contribution in [0.15, 0.2) is 24.3 Å². The Kier molecular flexibility index (Phi) is 4.73. The van der Waals surface area contributed by atoms with E-state index in [2.05, 4.69) is 32.9 Å². The lowest BCUT2D eigenvalue weighted by molar-refractivity contribution is -0.117. The molecule has 0 saturated carbocycles. The molecular weight excluding hydrogens is 212 g/mol. The number of rotatable bonds is 6. The van der Waals surface area contributed by atoms with E-state index in [4.69, 9.17) is 4.74 Å². The molecule has 0 heterocycles. The van der Waals surface area contributed by atoms with Crippen molar-refractivity contribution >= 4 is 5.78 Å². The lowest BCUT2D eigenvalue weighted by atomic mass is 9.82. The maximum absolute atomic E-state index is 10.8. The Hall–Kier alpha value is -1.31. The van der Waals surface area contributed by atoms with Crippen LogP contribution in [0.5, 0.6) is 5.75 Å². The van der Waals surface area contributed by atoms with Crippen LogP contribution in [0.4, 0.5) is 0 Å². The fourth-order valence-electron chi connectivity index (χ4n) is 1.52. The van der Waals surface area contributed by atoms with E-state index in [1.807, 2.05) is 12.1 Å². The summed E-state index contributed by atoms with van der Waals surface area (Å²) in [6.45, 7) is 8.70. The standard InChI is InChI=1S/C15H22O2/c1-5-15(3,4)13-6-8-14(9-7-13)17-11-10-12(2)16/h6-9H,5,10-11H2,1-4H3. The van der Waals surface area contributed by atoms with Gasteiger partial charge < -0.3 is 4.74 Å². The fraction of sp³-hybridized carbons (Fsp3) is 0.533. The van der Waals surface area contributed by atoms with Gasteiger partial charge in [0.25, 0.3) is 0 Å². The third kappa shape index (κ3) is 4.22. The van der Waals surface area contributed by atoms with E-state index in [1.54, 1.807) is 6.92 Å². The Morgan fingerprint density at radius 3 is 2.29 bits per heavy atom. The number of ketones is 1. The first-order valence-corrected chi connectivity index (χ1v) is 6.18. The smallest absolute Gasteiger partial charge is 0.133 e. The number of hydrogen-bond donors (Lipinski definition) is 0. The molecule has 1 aromatic rings. The SMILES string of the molecule is CCC(C)(C)c1ccc(OCCC(C)=O)cc1. The minimum atomic E-state index is 0.161. The summed E-state index contributed by atoms with van der Waals surface area (Å²) >= 11 is 0. The van der Waals surface area contributed by atoms with Crippen LogP contribution in [0.3, 0.4) is 0 Å². The summed E-state index contributed by atoms with van der Waals surface area (Å²) in [4.78, 5) is 10.8. The van der Waals surface area contributed by atoms with Gasteiger partial charge in [-0.15, -0.1) is 0 Å². The van der Waals surface area contributed by atoms with Crippen molar-refractivity contribution in [1.82, 2.24) is 0 Å². The lowest BCUT2D eigenvalue weighted by Gasteiger charge is -2.23. The molecule has 0 aliphatic carbocycles. The molecule has 1 rings (SSSR count). The highest BCUT2D eigenvalue weighted by Gasteiger charge is 2.17. The Bertz CT molecular complexity index is 363. The minimum absolute atomic E-state index is 0.161. The molecule has 0 radical (unpaired) electrons. The van der Waals surface area contributed by atoms with Crippen LogP contribution in [-0.4, -0.2) is 12.4 Å². The van der Waals surface area contributed by atoms with E-state index in [0.29, 0.717) is 13.0 Å². The predicted octanol–water partition coefficient (Wildman–Crippen LogP) is 3.73. The van der Waals surface area contributed by atoms with E-state index < -0.39 is 0 Å². The van der Waals surface area contributed by atoms with Crippen LogP contribution in [0.1, 0.15) is 46.1 Å². The van der Waals surface area contributed by atoms with E-state index in [0.717, 1.165) is 12.2 Å². The van der Waals surface area contributed by atoms with Crippen LogP contribution < -0.4 is 4.74 Å². The number of carbonyl (C=O) groups is 1. The molecule has 2 nitrogen and oxygen atoms in total. The molecule has 0 bridgehead atoms. The molecule has 0 atom stereocenters. The first kappa shape index (κ1) is 13.8. The van der Waals surface area contributed by atoms with E-state index in [-0.39, 0.29) is 11.2 Å².